The summed E-state index contributed by atoms with van der Waals surface area (Å²) < 4.78 is 78.4. The number of sulfone groups is 1. The average Bonchev–Trinajstić information content (AvgIpc) is 2.89. The standard InChI is InChI=1S/C12H15F4N3O4S/c1-18-6-8(9(17-18)12(14,15)16)24(22,23)10(13)7-2-4-19(5-3-7)11(20)21/h6-7,10H,2-5H2,1H3,(H,20,21). The molecule has 12 heteroatoms. The average molecular weight is 373 g/mol. The van der Waals surface area contributed by atoms with Gasteiger partial charge in [0, 0.05) is 32.3 Å². The molecule has 2 rings (SSSR count). The Labute approximate surface area is 134 Å². The Morgan fingerprint density at radius 1 is 1.38 bits per heavy atom. The number of amides is 1. The number of aromatic nitrogens is 2. The van der Waals surface area contributed by atoms with Crippen molar-refractivity contribution >= 4 is 15.9 Å². The second kappa shape index (κ2) is 6.22. The van der Waals surface area contributed by atoms with Crippen molar-refractivity contribution in [2.45, 2.75) is 29.4 Å². The van der Waals surface area contributed by atoms with Crippen LogP contribution in [0.1, 0.15) is 18.5 Å². The van der Waals surface area contributed by atoms with Crippen LogP contribution < -0.4 is 0 Å². The predicted molar refractivity (Wildman–Crippen MR) is 72.6 cm³/mol. The number of halogens is 4. The highest BCUT2D eigenvalue weighted by Gasteiger charge is 2.45. The third kappa shape index (κ3) is 3.47. The number of hydrogen-bond donors (Lipinski definition) is 1. The number of alkyl halides is 4. The Bertz CT molecular complexity index is 723. The highest BCUT2D eigenvalue weighted by atomic mass is 32.2. The molecule has 1 fully saturated rings. The van der Waals surface area contributed by atoms with Gasteiger partial charge in [-0.3, -0.25) is 4.68 Å². The van der Waals surface area contributed by atoms with Crippen molar-refractivity contribution in [2.24, 2.45) is 13.0 Å². The summed E-state index contributed by atoms with van der Waals surface area (Å²) in [7, 11) is -3.80. The molecule has 2 heterocycles. The van der Waals surface area contributed by atoms with Gasteiger partial charge in [0.2, 0.25) is 15.3 Å². The molecule has 0 saturated carbocycles. The van der Waals surface area contributed by atoms with Crippen LogP contribution in [0.15, 0.2) is 11.1 Å². The van der Waals surface area contributed by atoms with Crippen molar-refractivity contribution in [1.82, 2.24) is 14.7 Å². The van der Waals surface area contributed by atoms with E-state index in [1.54, 1.807) is 0 Å². The lowest BCUT2D eigenvalue weighted by Crippen LogP contribution is -2.41. The van der Waals surface area contributed by atoms with E-state index in [1.165, 1.54) is 0 Å². The molecule has 7 nitrogen and oxygen atoms in total. The number of carboxylic acid groups (broad SMARTS) is 1. The van der Waals surface area contributed by atoms with Gasteiger partial charge in [-0.1, -0.05) is 0 Å². The third-order valence-electron chi connectivity index (χ3n) is 3.85. The molecule has 1 saturated heterocycles. The summed E-state index contributed by atoms with van der Waals surface area (Å²) in [5, 5.41) is 11.9. The number of carbonyl (C=O) groups is 1. The number of likely N-dealkylation sites (tertiary alicyclic amines) is 1. The molecular formula is C12H15F4N3O4S. The van der Waals surface area contributed by atoms with Crippen LogP contribution in [-0.2, 0) is 23.1 Å². The largest absolute Gasteiger partial charge is 0.465 e. The van der Waals surface area contributed by atoms with Crippen LogP contribution in [0.3, 0.4) is 0 Å². The molecule has 1 amide bonds. The van der Waals surface area contributed by atoms with Gasteiger partial charge in [-0.25, -0.2) is 17.6 Å². The lowest BCUT2D eigenvalue weighted by atomic mass is 9.98. The van der Waals surface area contributed by atoms with Gasteiger partial charge >= 0.3 is 12.3 Å². The quantitative estimate of drug-likeness (QED) is 0.817. The van der Waals surface area contributed by atoms with Crippen molar-refractivity contribution in [2.75, 3.05) is 13.1 Å². The summed E-state index contributed by atoms with van der Waals surface area (Å²) in [4.78, 5) is 10.6. The molecule has 1 N–H and O–H groups in total. The molecule has 136 valence electrons. The molecule has 0 aliphatic carbocycles. The minimum atomic E-state index is -5.03. The molecule has 0 aromatic carbocycles. The summed E-state index contributed by atoms with van der Waals surface area (Å²) in [6.45, 7) is -0.149. The third-order valence-corrected chi connectivity index (χ3v) is 5.74. The molecule has 24 heavy (non-hydrogen) atoms. The zero-order valence-corrected chi connectivity index (χ0v) is 13.3. The van der Waals surface area contributed by atoms with E-state index in [0.29, 0.717) is 10.9 Å². The van der Waals surface area contributed by atoms with Gasteiger partial charge in [-0.05, 0) is 12.8 Å². The van der Waals surface area contributed by atoms with Crippen LogP contribution >= 0.6 is 0 Å². The fraction of sp³-hybridized carbons (Fsp3) is 0.667. The number of piperidine rings is 1. The van der Waals surface area contributed by atoms with Crippen LogP contribution in [0.25, 0.3) is 0 Å². The Hall–Kier alpha value is -1.85. The maximum absolute atomic E-state index is 14.5. The first-order valence-electron chi connectivity index (χ1n) is 6.91. The van der Waals surface area contributed by atoms with E-state index in [1.807, 2.05) is 0 Å². The molecule has 1 unspecified atom stereocenters. The molecule has 0 spiro atoms. The van der Waals surface area contributed by atoms with Gasteiger partial charge < -0.3 is 10.0 Å². The highest BCUT2D eigenvalue weighted by Crippen LogP contribution is 2.37. The number of nitrogens with zero attached hydrogens (tertiary/aromatic N) is 3. The van der Waals surface area contributed by atoms with Gasteiger partial charge in [0.05, 0.1) is 0 Å². The Morgan fingerprint density at radius 3 is 2.38 bits per heavy atom. The van der Waals surface area contributed by atoms with E-state index in [0.717, 1.165) is 11.9 Å². The summed E-state index contributed by atoms with van der Waals surface area (Å²) in [5.74, 6) is -1.08. The Kier molecular flexibility index (Phi) is 4.79. The van der Waals surface area contributed by atoms with Crippen molar-refractivity contribution < 1.29 is 35.9 Å². The van der Waals surface area contributed by atoms with E-state index in [-0.39, 0.29) is 25.9 Å². The first-order chi connectivity index (χ1) is 10.9. The molecule has 1 aromatic heterocycles. The predicted octanol–water partition coefficient (Wildman–Crippen LogP) is 1.90. The number of aryl methyl sites for hydroxylation is 1. The van der Waals surface area contributed by atoms with Gasteiger partial charge in [-0.15, -0.1) is 0 Å². The topological polar surface area (TPSA) is 92.5 Å². The normalized spacial score (nSPS) is 18.6. The monoisotopic (exact) mass is 373 g/mol. The summed E-state index contributed by atoms with van der Waals surface area (Å²) in [5.41, 5.74) is -4.21. The lowest BCUT2D eigenvalue weighted by molar-refractivity contribution is -0.143. The van der Waals surface area contributed by atoms with Crippen LogP contribution in [0.4, 0.5) is 22.4 Å². The number of rotatable bonds is 3. The second-order valence-electron chi connectivity index (χ2n) is 5.52. The summed E-state index contributed by atoms with van der Waals surface area (Å²) in [6, 6.07) is 0. The van der Waals surface area contributed by atoms with Gasteiger partial charge in [-0.2, -0.15) is 18.3 Å². The fourth-order valence-corrected chi connectivity index (χ4v) is 4.35. The summed E-state index contributed by atoms with van der Waals surface area (Å²) in [6.07, 6.45) is -5.80. The van der Waals surface area contributed by atoms with Crippen LogP contribution in [0, 0.1) is 5.92 Å². The van der Waals surface area contributed by atoms with Crippen LogP contribution in [0.2, 0.25) is 0 Å². The van der Waals surface area contributed by atoms with Gasteiger partial charge in [0.15, 0.2) is 5.69 Å². The van der Waals surface area contributed by atoms with E-state index in [9.17, 15) is 30.8 Å². The first-order valence-corrected chi connectivity index (χ1v) is 8.46. The van der Waals surface area contributed by atoms with Crippen LogP contribution in [0.5, 0.6) is 0 Å². The smallest absolute Gasteiger partial charge is 0.436 e. The molecule has 1 atom stereocenters. The van der Waals surface area contributed by atoms with E-state index >= 15 is 0 Å². The second-order valence-corrected chi connectivity index (χ2v) is 7.50. The zero-order chi connectivity index (χ0) is 18.3. The van der Waals surface area contributed by atoms with Crippen LogP contribution in [-0.4, -0.2) is 52.9 Å². The van der Waals surface area contributed by atoms with Crippen molar-refractivity contribution in [3.63, 3.8) is 0 Å². The Morgan fingerprint density at radius 2 is 1.92 bits per heavy atom. The van der Waals surface area contributed by atoms with E-state index in [4.69, 9.17) is 5.11 Å². The molecule has 1 aliphatic rings. The minimum Gasteiger partial charge on any atom is -0.465 e. The van der Waals surface area contributed by atoms with Gasteiger partial charge in [0.1, 0.15) is 4.90 Å². The SMILES string of the molecule is Cn1cc(S(=O)(=O)C(F)C2CCN(C(=O)O)CC2)c(C(F)(F)F)n1. The Balaban J connectivity index is 2.27. The van der Waals surface area contributed by atoms with Crippen molar-refractivity contribution in [1.29, 1.82) is 0 Å². The van der Waals surface area contributed by atoms with Crippen molar-refractivity contribution in [3.05, 3.63) is 11.9 Å². The van der Waals surface area contributed by atoms with Crippen molar-refractivity contribution in [3.8, 4) is 0 Å². The molecule has 0 bridgehead atoms. The molecule has 0 radical (unpaired) electrons. The molecule has 1 aliphatic heterocycles. The van der Waals surface area contributed by atoms with E-state index in [2.05, 4.69) is 5.10 Å². The highest BCUT2D eigenvalue weighted by molar-refractivity contribution is 7.92. The summed E-state index contributed by atoms with van der Waals surface area (Å²) >= 11 is 0. The fourth-order valence-electron chi connectivity index (χ4n) is 2.60. The van der Waals surface area contributed by atoms with E-state index < -0.39 is 44.1 Å². The lowest BCUT2D eigenvalue weighted by Gasteiger charge is -2.31. The van der Waals surface area contributed by atoms with Gasteiger partial charge in [0.25, 0.3) is 0 Å². The zero-order valence-electron chi connectivity index (χ0n) is 12.5. The molecule has 1 aromatic rings. The maximum atomic E-state index is 14.5. The maximum Gasteiger partial charge on any atom is 0.436 e. The first kappa shape index (κ1) is 18.5. The minimum absolute atomic E-state index is 0.0743. The number of hydrogen-bond acceptors (Lipinski definition) is 4. The molecular weight excluding hydrogens is 358 g/mol.